The fraction of sp³-hybridized carbons (Fsp3) is 0.500. The lowest BCUT2D eigenvalue weighted by Crippen LogP contribution is -2.57. The summed E-state index contributed by atoms with van der Waals surface area (Å²) in [6, 6.07) is 15.0. The first-order chi connectivity index (χ1) is 25.3. The lowest BCUT2D eigenvalue weighted by molar-refractivity contribution is -0.161. The highest BCUT2D eigenvalue weighted by Gasteiger charge is 2.64. The molecule has 6 unspecified atom stereocenters. The lowest BCUT2D eigenvalue weighted by atomic mass is 10.0. The first kappa shape index (κ1) is 36.3. The number of hydrogen-bond acceptors (Lipinski definition) is 10. The number of aromatic nitrogens is 2. The predicted molar refractivity (Wildman–Crippen MR) is 195 cm³/mol. The molecule has 4 heterocycles. The van der Waals surface area contributed by atoms with Crippen molar-refractivity contribution in [1.82, 2.24) is 25.7 Å². The summed E-state index contributed by atoms with van der Waals surface area (Å²) in [7, 11) is 0. The molecule has 3 amide bonds. The molecule has 0 bridgehead atoms. The zero-order valence-corrected chi connectivity index (χ0v) is 30.6. The second-order valence-electron chi connectivity index (χ2n) is 15.7. The topological polar surface area (TPSA) is 173 Å². The van der Waals surface area contributed by atoms with Gasteiger partial charge in [-0.2, -0.15) is 0 Å². The van der Waals surface area contributed by atoms with Crippen LogP contribution in [-0.2, 0) is 19.1 Å². The minimum absolute atomic E-state index is 0.0385. The van der Waals surface area contributed by atoms with Gasteiger partial charge in [0.25, 0.3) is 5.91 Å². The number of aryl methyl sites for hydroxylation is 1. The first-order valence-electron chi connectivity index (χ1n) is 18.5. The second kappa shape index (κ2) is 14.4. The maximum absolute atomic E-state index is 14.6. The number of esters is 1. The van der Waals surface area contributed by atoms with E-state index in [0.29, 0.717) is 56.6 Å². The third kappa shape index (κ3) is 7.71. The molecule has 53 heavy (non-hydrogen) atoms. The molecule has 13 nitrogen and oxygen atoms in total. The van der Waals surface area contributed by atoms with Gasteiger partial charge in [-0.1, -0.05) is 60.8 Å². The van der Waals surface area contributed by atoms with E-state index in [9.17, 15) is 24.3 Å². The molecule has 3 aliphatic rings. The quantitative estimate of drug-likeness (QED) is 0.192. The van der Waals surface area contributed by atoms with E-state index in [1.54, 1.807) is 27.7 Å². The van der Waals surface area contributed by atoms with E-state index >= 15 is 0 Å². The Morgan fingerprint density at radius 3 is 2.45 bits per heavy atom. The maximum atomic E-state index is 14.6. The number of nitrogens with zero attached hydrogens (tertiary/aromatic N) is 3. The van der Waals surface area contributed by atoms with E-state index in [1.165, 1.54) is 11.0 Å². The van der Waals surface area contributed by atoms with Gasteiger partial charge in [0.1, 0.15) is 35.1 Å². The molecule has 2 aromatic carbocycles. The first-order valence-corrected chi connectivity index (χ1v) is 18.5. The molecular formula is C40H47N5O8. The molecule has 280 valence electrons. The summed E-state index contributed by atoms with van der Waals surface area (Å²) >= 11 is 0. The van der Waals surface area contributed by atoms with Crippen molar-refractivity contribution < 1.29 is 38.3 Å². The Morgan fingerprint density at radius 1 is 1.00 bits per heavy atom. The largest absolute Gasteiger partial charge is 0.472 e. The molecule has 3 fully saturated rings. The van der Waals surface area contributed by atoms with E-state index < -0.39 is 59.1 Å². The molecule has 0 radical (unpaired) electrons. The zero-order valence-electron chi connectivity index (χ0n) is 30.6. The molecule has 6 atom stereocenters. The number of benzene rings is 2. The smallest absolute Gasteiger partial charge is 0.332 e. The number of amides is 3. The Balaban J connectivity index is 1.23. The number of carbonyl (C=O) groups is 4. The highest BCUT2D eigenvalue weighted by Crippen LogP contribution is 2.49. The predicted octanol–water partition coefficient (Wildman–Crippen LogP) is 4.76. The van der Waals surface area contributed by atoms with E-state index in [0.717, 1.165) is 21.7 Å². The van der Waals surface area contributed by atoms with Gasteiger partial charge in [0, 0.05) is 23.3 Å². The van der Waals surface area contributed by atoms with Gasteiger partial charge in [0.2, 0.25) is 17.7 Å². The van der Waals surface area contributed by atoms with E-state index in [1.807, 2.05) is 48.5 Å². The molecule has 7 rings (SSSR count). The minimum Gasteiger partial charge on any atom is -0.472 e. The highest BCUT2D eigenvalue weighted by atomic mass is 16.6. The van der Waals surface area contributed by atoms with Gasteiger partial charge >= 0.3 is 5.97 Å². The summed E-state index contributed by atoms with van der Waals surface area (Å²) in [5.74, 6) is -1.62. The van der Waals surface area contributed by atoms with Crippen LogP contribution in [0.1, 0.15) is 88.4 Å². The van der Waals surface area contributed by atoms with Crippen LogP contribution in [0, 0.1) is 12.8 Å². The summed E-state index contributed by atoms with van der Waals surface area (Å²) in [4.78, 5) is 62.4. The molecule has 1 saturated carbocycles. The summed E-state index contributed by atoms with van der Waals surface area (Å²) in [5, 5.41) is 23.3. The van der Waals surface area contributed by atoms with Crippen LogP contribution in [0.2, 0.25) is 0 Å². The average Bonchev–Trinajstić information content (AvgIpc) is 3.39. The number of carbonyl (C=O) groups excluding carboxylic acids is 4. The molecule has 2 aromatic heterocycles. The lowest BCUT2D eigenvalue weighted by Gasteiger charge is -2.30. The fourth-order valence-electron chi connectivity index (χ4n) is 7.75. The maximum Gasteiger partial charge on any atom is 0.332 e. The van der Waals surface area contributed by atoms with Gasteiger partial charge in [-0.05, 0) is 76.8 Å². The van der Waals surface area contributed by atoms with Crippen LogP contribution in [0.25, 0.3) is 21.7 Å². The Bertz CT molecular complexity index is 2040. The van der Waals surface area contributed by atoms with Crippen molar-refractivity contribution in [2.75, 3.05) is 6.54 Å². The summed E-state index contributed by atoms with van der Waals surface area (Å²) in [5.41, 5.74) is -1.36. The Hall–Kier alpha value is -5.04. The van der Waals surface area contributed by atoms with Gasteiger partial charge in [-0.25, -0.2) is 9.78 Å². The van der Waals surface area contributed by atoms with E-state index in [2.05, 4.69) is 15.8 Å². The number of hydrogen-bond donors (Lipinski definition) is 3. The third-order valence-electron chi connectivity index (χ3n) is 10.5. The van der Waals surface area contributed by atoms with Crippen molar-refractivity contribution in [1.29, 1.82) is 0 Å². The van der Waals surface area contributed by atoms with Crippen LogP contribution in [0.3, 0.4) is 0 Å². The van der Waals surface area contributed by atoms with Gasteiger partial charge in [-0.3, -0.25) is 14.4 Å². The van der Waals surface area contributed by atoms with Crippen LogP contribution in [-0.4, -0.2) is 85.8 Å². The molecule has 0 spiro atoms. The molecule has 2 aliphatic heterocycles. The van der Waals surface area contributed by atoms with E-state index in [-0.39, 0.29) is 24.6 Å². The van der Waals surface area contributed by atoms with Crippen molar-refractivity contribution >= 4 is 45.4 Å². The van der Waals surface area contributed by atoms with Crippen LogP contribution < -0.4 is 15.4 Å². The van der Waals surface area contributed by atoms with E-state index in [4.69, 9.17) is 19.0 Å². The minimum atomic E-state index is -1.34. The number of ether oxygens (including phenoxy) is 2. The normalized spacial score (nSPS) is 26.9. The fourth-order valence-corrected chi connectivity index (χ4v) is 7.75. The second-order valence-corrected chi connectivity index (χ2v) is 15.7. The number of aliphatic hydroxyl groups excluding tert-OH is 1. The average molecular weight is 726 g/mol. The Labute approximate surface area is 307 Å². The van der Waals surface area contributed by atoms with Gasteiger partial charge in [0.15, 0.2) is 5.69 Å². The number of para-hydroxylation sites is 1. The zero-order chi connectivity index (χ0) is 37.5. The molecule has 13 heteroatoms. The molecule has 1 aliphatic carbocycles. The van der Waals surface area contributed by atoms with Crippen LogP contribution >= 0.6 is 0 Å². The van der Waals surface area contributed by atoms with Crippen LogP contribution in [0.15, 0.2) is 59.1 Å². The standard InChI is InChI=1S/C40H47N5O8/c1-23-18-32(44-53-23)34(47)41-31-17-7-5-6-12-25(46)19-24-21-40(24,38(50)52-39(2,3)4)43-35(48)33-20-26(22-45(33)37(31)49)51-36-29-15-9-8-13-27(29)28-14-10-11-16-30(28)42-36/h8-11,13-16,18,24-26,31,33,46H,5-7,12,17,19-22H2,1-4H3,(H,41,47)(H,43,48). The molecule has 3 N–H and O–H groups in total. The van der Waals surface area contributed by atoms with Crippen LogP contribution in [0.5, 0.6) is 5.88 Å². The van der Waals surface area contributed by atoms with Gasteiger partial charge in [-0.15, -0.1) is 0 Å². The van der Waals surface area contributed by atoms with Crippen LogP contribution in [0.4, 0.5) is 0 Å². The van der Waals surface area contributed by atoms with Crippen molar-refractivity contribution in [3.05, 3.63) is 66.1 Å². The number of rotatable bonds is 5. The van der Waals surface area contributed by atoms with Gasteiger partial charge < -0.3 is 34.6 Å². The van der Waals surface area contributed by atoms with Crippen molar-refractivity contribution in [2.45, 2.75) is 114 Å². The third-order valence-corrected chi connectivity index (χ3v) is 10.5. The SMILES string of the molecule is Cc1cc(C(=O)NC2CCCCCC(O)CC3CC3(C(=O)OC(C)(C)C)NC(=O)C3CC(Oc4nc5ccccc5c5ccccc45)CN3C2=O)no1. The van der Waals surface area contributed by atoms with Gasteiger partial charge in [0.05, 0.1) is 18.2 Å². The molecular weight excluding hydrogens is 678 g/mol. The van der Waals surface area contributed by atoms with Crippen molar-refractivity contribution in [2.24, 2.45) is 5.92 Å². The highest BCUT2D eigenvalue weighted by molar-refractivity contribution is 6.07. The summed E-state index contributed by atoms with van der Waals surface area (Å²) in [6.45, 7) is 7.00. The monoisotopic (exact) mass is 725 g/mol. The molecule has 2 saturated heterocycles. The summed E-state index contributed by atoms with van der Waals surface area (Å²) in [6.07, 6.45) is 2.21. The number of nitrogens with one attached hydrogen (secondary N) is 2. The Morgan fingerprint density at radius 2 is 1.72 bits per heavy atom. The number of fused-ring (bicyclic) bond motifs is 5. The van der Waals surface area contributed by atoms with Crippen molar-refractivity contribution in [3.8, 4) is 5.88 Å². The number of pyridine rings is 1. The number of aliphatic hydroxyl groups is 1. The molecule has 4 aromatic rings. The van der Waals surface area contributed by atoms with Crippen molar-refractivity contribution in [3.63, 3.8) is 0 Å². The summed E-state index contributed by atoms with van der Waals surface area (Å²) < 4.78 is 17.5. The Kier molecular flexibility index (Phi) is 9.88.